The number of benzene rings is 1. The number of amides is 1. The van der Waals surface area contributed by atoms with Gasteiger partial charge in [-0.3, -0.25) is 14.2 Å². The van der Waals surface area contributed by atoms with Crippen LogP contribution in [0.4, 0.5) is 5.82 Å². The van der Waals surface area contributed by atoms with Crippen LogP contribution in [-0.2, 0) is 4.79 Å². The summed E-state index contributed by atoms with van der Waals surface area (Å²) in [5.41, 5.74) is 0.498. The summed E-state index contributed by atoms with van der Waals surface area (Å²) in [6.45, 7) is 1.80. The maximum absolute atomic E-state index is 13.3. The molecule has 1 aromatic carbocycles. The second-order valence-corrected chi connectivity index (χ2v) is 7.81. The first-order valence-corrected chi connectivity index (χ1v) is 10.3. The average Bonchev–Trinajstić information content (AvgIpc) is 2.74. The van der Waals surface area contributed by atoms with Gasteiger partial charge >= 0.3 is 0 Å². The van der Waals surface area contributed by atoms with Crippen molar-refractivity contribution in [1.29, 1.82) is 0 Å². The van der Waals surface area contributed by atoms with E-state index >= 15 is 0 Å². The molecule has 4 rings (SSSR count). The first-order valence-electron chi connectivity index (χ1n) is 10.3. The molecule has 150 valence electrons. The highest BCUT2D eigenvalue weighted by atomic mass is 16.2. The lowest BCUT2D eigenvalue weighted by atomic mass is 9.84. The Morgan fingerprint density at radius 1 is 1.14 bits per heavy atom. The molecule has 0 radical (unpaired) electrons. The van der Waals surface area contributed by atoms with Crippen LogP contribution in [0.2, 0.25) is 0 Å². The van der Waals surface area contributed by atoms with E-state index < -0.39 is 6.04 Å². The number of hydrogen-bond acceptors (Lipinski definition) is 4. The van der Waals surface area contributed by atoms with Crippen LogP contribution in [-0.4, -0.2) is 20.4 Å². The standard InChI is InChI=1S/C23H26N4O2/c1-16-25-19-12-6-5-11-18(19)23(29)27(16)20(15-17-9-3-2-4-10-17)22(28)26-21-13-7-8-14-24-21/h5-8,11-14,17,20H,2-4,9-10,15H2,1H3,(H,24,26,28)/t20-/m1/s1. The summed E-state index contributed by atoms with van der Waals surface area (Å²) in [5, 5.41) is 3.43. The number of pyridine rings is 1. The third-order valence-corrected chi connectivity index (χ3v) is 5.80. The Bertz CT molecular complexity index is 1060. The van der Waals surface area contributed by atoms with Gasteiger partial charge in [0.2, 0.25) is 5.91 Å². The van der Waals surface area contributed by atoms with Crippen molar-refractivity contribution in [3.05, 3.63) is 64.8 Å². The molecule has 1 fully saturated rings. The smallest absolute Gasteiger partial charge is 0.262 e. The number of para-hydroxylation sites is 1. The van der Waals surface area contributed by atoms with Crippen LogP contribution in [0.25, 0.3) is 10.9 Å². The molecule has 1 atom stereocenters. The summed E-state index contributed by atoms with van der Waals surface area (Å²) in [7, 11) is 0. The van der Waals surface area contributed by atoms with E-state index in [9.17, 15) is 9.59 Å². The molecular weight excluding hydrogens is 364 g/mol. The number of nitrogens with one attached hydrogen (secondary N) is 1. The molecule has 6 nitrogen and oxygen atoms in total. The van der Waals surface area contributed by atoms with E-state index in [0.29, 0.717) is 34.9 Å². The van der Waals surface area contributed by atoms with Gasteiger partial charge in [0, 0.05) is 6.20 Å². The lowest BCUT2D eigenvalue weighted by Gasteiger charge is -2.28. The first kappa shape index (κ1) is 19.3. The number of aromatic nitrogens is 3. The van der Waals surface area contributed by atoms with E-state index in [1.807, 2.05) is 24.3 Å². The second-order valence-electron chi connectivity index (χ2n) is 7.81. The average molecular weight is 390 g/mol. The molecule has 0 saturated heterocycles. The van der Waals surface area contributed by atoms with Crippen LogP contribution >= 0.6 is 0 Å². The van der Waals surface area contributed by atoms with Crippen molar-refractivity contribution in [3.8, 4) is 0 Å². The fraction of sp³-hybridized carbons (Fsp3) is 0.391. The third kappa shape index (κ3) is 4.21. The highest BCUT2D eigenvalue weighted by molar-refractivity contribution is 5.93. The second kappa shape index (κ2) is 8.55. The molecule has 3 aromatic rings. The Hall–Kier alpha value is -3.02. The molecule has 6 heteroatoms. The van der Waals surface area contributed by atoms with Gasteiger partial charge in [-0.1, -0.05) is 50.3 Å². The lowest BCUT2D eigenvalue weighted by molar-refractivity contribution is -0.120. The normalized spacial score (nSPS) is 15.9. The van der Waals surface area contributed by atoms with Crippen molar-refractivity contribution >= 4 is 22.6 Å². The monoisotopic (exact) mass is 390 g/mol. The van der Waals surface area contributed by atoms with E-state index in [1.165, 1.54) is 19.3 Å². The van der Waals surface area contributed by atoms with Gasteiger partial charge in [0.15, 0.2) is 0 Å². The van der Waals surface area contributed by atoms with E-state index in [0.717, 1.165) is 12.8 Å². The summed E-state index contributed by atoms with van der Waals surface area (Å²) >= 11 is 0. The zero-order chi connectivity index (χ0) is 20.2. The number of carbonyl (C=O) groups is 1. The van der Waals surface area contributed by atoms with Crippen molar-refractivity contribution in [3.63, 3.8) is 0 Å². The molecule has 29 heavy (non-hydrogen) atoms. The summed E-state index contributed by atoms with van der Waals surface area (Å²) in [6.07, 6.45) is 8.09. The number of nitrogens with zero attached hydrogens (tertiary/aromatic N) is 3. The molecule has 2 aromatic heterocycles. The molecule has 0 bridgehead atoms. The number of rotatable bonds is 5. The minimum Gasteiger partial charge on any atom is -0.309 e. The van der Waals surface area contributed by atoms with Crippen molar-refractivity contribution in [2.45, 2.75) is 51.5 Å². The lowest BCUT2D eigenvalue weighted by Crippen LogP contribution is -2.37. The third-order valence-electron chi connectivity index (χ3n) is 5.80. The maximum atomic E-state index is 13.3. The van der Waals surface area contributed by atoms with Gasteiger partial charge < -0.3 is 5.32 Å². The van der Waals surface area contributed by atoms with E-state index in [2.05, 4.69) is 15.3 Å². The van der Waals surface area contributed by atoms with Crippen LogP contribution in [0.1, 0.15) is 50.4 Å². The minimum atomic E-state index is -0.607. The number of anilines is 1. The van der Waals surface area contributed by atoms with Crippen LogP contribution < -0.4 is 10.9 Å². The van der Waals surface area contributed by atoms with E-state index in [-0.39, 0.29) is 11.5 Å². The summed E-state index contributed by atoms with van der Waals surface area (Å²) in [4.78, 5) is 35.4. The molecule has 1 aliphatic carbocycles. The zero-order valence-electron chi connectivity index (χ0n) is 16.7. The Labute approximate surface area is 170 Å². The van der Waals surface area contributed by atoms with Gasteiger partial charge in [0.25, 0.3) is 5.56 Å². The van der Waals surface area contributed by atoms with E-state index in [1.54, 1.807) is 35.9 Å². The maximum Gasteiger partial charge on any atom is 0.262 e. The minimum absolute atomic E-state index is 0.162. The number of carbonyl (C=O) groups excluding carboxylic acids is 1. The van der Waals surface area contributed by atoms with Gasteiger partial charge in [-0.2, -0.15) is 0 Å². The van der Waals surface area contributed by atoms with Crippen molar-refractivity contribution in [1.82, 2.24) is 14.5 Å². The van der Waals surface area contributed by atoms with Crippen LogP contribution in [0.3, 0.4) is 0 Å². The molecule has 1 N–H and O–H groups in total. The highest BCUT2D eigenvalue weighted by Gasteiger charge is 2.29. The van der Waals surface area contributed by atoms with Crippen LogP contribution in [0.15, 0.2) is 53.5 Å². The van der Waals surface area contributed by atoms with Crippen LogP contribution in [0, 0.1) is 12.8 Å². The zero-order valence-corrected chi connectivity index (χ0v) is 16.7. The SMILES string of the molecule is Cc1nc2ccccc2c(=O)n1[C@H](CC1CCCCC1)C(=O)Nc1ccccn1. The molecular formula is C23H26N4O2. The Balaban J connectivity index is 1.74. The Morgan fingerprint density at radius 3 is 2.66 bits per heavy atom. The van der Waals surface area contributed by atoms with Gasteiger partial charge in [-0.15, -0.1) is 0 Å². The number of aryl methyl sites for hydroxylation is 1. The fourth-order valence-corrected chi connectivity index (χ4v) is 4.34. The molecule has 1 saturated carbocycles. The Morgan fingerprint density at radius 2 is 1.90 bits per heavy atom. The summed E-state index contributed by atoms with van der Waals surface area (Å²) < 4.78 is 1.58. The number of hydrogen-bond donors (Lipinski definition) is 1. The molecule has 0 aliphatic heterocycles. The molecule has 0 unspecified atom stereocenters. The van der Waals surface area contributed by atoms with Gasteiger partial charge in [0.1, 0.15) is 17.7 Å². The van der Waals surface area contributed by atoms with Crippen LogP contribution in [0.5, 0.6) is 0 Å². The fourth-order valence-electron chi connectivity index (χ4n) is 4.34. The predicted octanol–water partition coefficient (Wildman–Crippen LogP) is 4.25. The van der Waals surface area contributed by atoms with Gasteiger partial charge in [-0.05, 0) is 43.5 Å². The van der Waals surface area contributed by atoms with Crippen molar-refractivity contribution in [2.24, 2.45) is 5.92 Å². The first-order chi connectivity index (χ1) is 14.1. The Kier molecular flexibility index (Phi) is 5.69. The summed E-state index contributed by atoms with van der Waals surface area (Å²) in [6, 6.07) is 12.1. The van der Waals surface area contributed by atoms with Crippen molar-refractivity contribution < 1.29 is 4.79 Å². The topological polar surface area (TPSA) is 76.9 Å². The largest absolute Gasteiger partial charge is 0.309 e. The molecule has 1 aliphatic rings. The quantitative estimate of drug-likeness (QED) is 0.706. The molecule has 0 spiro atoms. The molecule has 2 heterocycles. The number of fused-ring (bicyclic) bond motifs is 1. The summed E-state index contributed by atoms with van der Waals surface area (Å²) in [5.74, 6) is 1.27. The predicted molar refractivity (Wildman–Crippen MR) is 114 cm³/mol. The van der Waals surface area contributed by atoms with Gasteiger partial charge in [0.05, 0.1) is 10.9 Å². The highest BCUT2D eigenvalue weighted by Crippen LogP contribution is 2.31. The molecule has 1 amide bonds. The van der Waals surface area contributed by atoms with E-state index in [4.69, 9.17) is 0 Å². The van der Waals surface area contributed by atoms with Crippen molar-refractivity contribution in [2.75, 3.05) is 5.32 Å². The van der Waals surface area contributed by atoms with Gasteiger partial charge in [-0.25, -0.2) is 9.97 Å².